The van der Waals surface area contributed by atoms with Gasteiger partial charge in [-0.1, -0.05) is 42.8 Å². The number of nitrogens with zero attached hydrogens (tertiary/aromatic N) is 1. The van der Waals surface area contributed by atoms with Gasteiger partial charge in [-0.15, -0.1) is 0 Å². The smallest absolute Gasteiger partial charge is 0.306 e. The molecule has 11 heteroatoms. The van der Waals surface area contributed by atoms with E-state index in [0.29, 0.717) is 17.0 Å². The number of halogens is 1. The van der Waals surface area contributed by atoms with Gasteiger partial charge in [0.1, 0.15) is 34.4 Å². The molecule has 1 aliphatic heterocycles. The molecule has 0 radical (unpaired) electrons. The van der Waals surface area contributed by atoms with Crippen molar-refractivity contribution in [1.82, 2.24) is 4.98 Å². The number of para-hydroxylation sites is 1. The molecule has 2 aromatic carbocycles. The number of carbonyl (C=O) groups is 3. The second-order valence-corrected chi connectivity index (χ2v) is 10.6. The number of ether oxygens (including phenoxy) is 5. The summed E-state index contributed by atoms with van der Waals surface area (Å²) in [5.74, 6) is -3.50. The number of pyridine rings is 1. The molecule has 2 aliphatic rings. The van der Waals surface area contributed by atoms with Crippen LogP contribution in [0, 0.1) is 5.92 Å². The van der Waals surface area contributed by atoms with E-state index in [1.807, 2.05) is 6.07 Å². The van der Waals surface area contributed by atoms with Gasteiger partial charge in [-0.25, -0.2) is 0 Å². The Kier molecular flexibility index (Phi) is 8.32. The van der Waals surface area contributed by atoms with E-state index in [1.54, 1.807) is 49.5 Å². The maximum atomic E-state index is 14.2. The number of hydrogen-bond acceptors (Lipinski definition) is 10. The summed E-state index contributed by atoms with van der Waals surface area (Å²) in [7, 11) is 4.01. The number of benzene rings is 2. The monoisotopic (exact) mass is 607 g/mol. The predicted octanol–water partition coefficient (Wildman–Crippen LogP) is 5.41. The van der Waals surface area contributed by atoms with Crippen molar-refractivity contribution in [3.63, 3.8) is 0 Å². The van der Waals surface area contributed by atoms with Gasteiger partial charge in [0.05, 0.1) is 33.4 Å². The number of rotatable bonds is 9. The van der Waals surface area contributed by atoms with E-state index in [-0.39, 0.29) is 52.9 Å². The van der Waals surface area contributed by atoms with Gasteiger partial charge in [0.15, 0.2) is 17.3 Å². The molecule has 43 heavy (non-hydrogen) atoms. The second kappa shape index (κ2) is 12.0. The lowest BCUT2D eigenvalue weighted by atomic mass is 9.69. The molecular weight excluding hydrogens is 578 g/mol. The van der Waals surface area contributed by atoms with E-state index in [0.717, 1.165) is 0 Å². The minimum Gasteiger partial charge on any atom is -0.507 e. The standard InChI is InChI=1S/C32H30ClNO9/c1-17-13-21(35)26(30(37)32(17)31(38)27-23(39-2)15-24(40-3)28(33)29(27)43-32)20(14-25(36)41-4)19-10-5-6-11-22(19)42-16-18-9-7-8-12-34-18/h5-12,15,17,20,37H,13-14,16H2,1-4H3/t17-,20+,32+/m1/s1. The number of aliphatic hydroxyl groups is 1. The molecule has 1 aliphatic carbocycles. The first-order valence-corrected chi connectivity index (χ1v) is 13.9. The second-order valence-electron chi connectivity index (χ2n) is 10.2. The molecule has 1 N–H and O–H groups in total. The molecule has 2 heterocycles. The molecule has 0 saturated heterocycles. The van der Waals surface area contributed by atoms with E-state index >= 15 is 0 Å². The summed E-state index contributed by atoms with van der Waals surface area (Å²) in [5.41, 5.74) is -1.05. The summed E-state index contributed by atoms with van der Waals surface area (Å²) in [4.78, 5) is 45.0. The minimum absolute atomic E-state index is 0.0151. The molecular formula is C32H30ClNO9. The minimum atomic E-state index is -2.01. The van der Waals surface area contributed by atoms with E-state index in [9.17, 15) is 19.5 Å². The van der Waals surface area contributed by atoms with Crippen molar-refractivity contribution in [3.05, 3.63) is 87.9 Å². The molecule has 10 nitrogen and oxygen atoms in total. The zero-order chi connectivity index (χ0) is 30.9. The lowest BCUT2D eigenvalue weighted by Gasteiger charge is -2.38. The van der Waals surface area contributed by atoms with E-state index in [2.05, 4.69) is 4.98 Å². The van der Waals surface area contributed by atoms with Crippen molar-refractivity contribution in [2.24, 2.45) is 5.92 Å². The van der Waals surface area contributed by atoms with Crippen LogP contribution in [0.2, 0.25) is 5.02 Å². The van der Waals surface area contributed by atoms with Crippen molar-refractivity contribution in [2.75, 3.05) is 21.3 Å². The van der Waals surface area contributed by atoms with Gasteiger partial charge < -0.3 is 28.8 Å². The van der Waals surface area contributed by atoms with Crippen LogP contribution >= 0.6 is 11.6 Å². The highest BCUT2D eigenvalue weighted by Gasteiger charge is 2.61. The third-order valence-corrected chi connectivity index (χ3v) is 8.21. The average Bonchev–Trinajstić information content (AvgIpc) is 3.34. The molecule has 0 bridgehead atoms. The topological polar surface area (TPSA) is 130 Å². The molecule has 0 amide bonds. The Morgan fingerprint density at radius 3 is 2.49 bits per heavy atom. The number of methoxy groups -OCH3 is 3. The summed E-state index contributed by atoms with van der Waals surface area (Å²) in [6, 6.07) is 13.7. The third-order valence-electron chi connectivity index (χ3n) is 7.85. The van der Waals surface area contributed by atoms with Crippen LogP contribution in [-0.2, 0) is 20.9 Å². The van der Waals surface area contributed by atoms with Crippen LogP contribution in [0.4, 0.5) is 0 Å². The van der Waals surface area contributed by atoms with Crippen molar-refractivity contribution in [1.29, 1.82) is 0 Å². The molecule has 224 valence electrons. The fourth-order valence-electron chi connectivity index (χ4n) is 5.69. The van der Waals surface area contributed by atoms with Crippen LogP contribution in [0.5, 0.6) is 23.0 Å². The van der Waals surface area contributed by atoms with Gasteiger partial charge >= 0.3 is 5.97 Å². The van der Waals surface area contributed by atoms with Crippen LogP contribution in [-0.4, -0.2) is 54.6 Å². The summed E-state index contributed by atoms with van der Waals surface area (Å²) < 4.78 is 28.1. The fourth-order valence-corrected chi connectivity index (χ4v) is 5.96. The highest BCUT2D eigenvalue weighted by molar-refractivity contribution is 6.35. The maximum Gasteiger partial charge on any atom is 0.306 e. The molecule has 1 spiro atoms. The number of esters is 1. The summed E-state index contributed by atoms with van der Waals surface area (Å²) in [6.07, 6.45) is 1.15. The zero-order valence-corrected chi connectivity index (χ0v) is 24.8. The Balaban J connectivity index is 1.66. The van der Waals surface area contributed by atoms with Crippen molar-refractivity contribution < 1.29 is 43.2 Å². The average molecular weight is 608 g/mol. The lowest BCUT2D eigenvalue weighted by Crippen LogP contribution is -2.53. The number of allylic oxidation sites excluding steroid dienone is 1. The molecule has 0 saturated carbocycles. The number of ketones is 2. The highest BCUT2D eigenvalue weighted by atomic mass is 35.5. The Morgan fingerprint density at radius 2 is 1.81 bits per heavy atom. The number of aromatic nitrogens is 1. The van der Waals surface area contributed by atoms with Crippen molar-refractivity contribution >= 4 is 29.1 Å². The van der Waals surface area contributed by atoms with E-state index in [1.165, 1.54) is 27.4 Å². The first-order valence-electron chi connectivity index (χ1n) is 13.5. The van der Waals surface area contributed by atoms with E-state index < -0.39 is 40.7 Å². The molecule has 0 unspecified atom stereocenters. The van der Waals surface area contributed by atoms with Gasteiger partial charge in [-0.05, 0) is 18.2 Å². The van der Waals surface area contributed by atoms with Gasteiger partial charge in [-0.3, -0.25) is 19.4 Å². The molecule has 5 rings (SSSR count). The Hall–Kier alpha value is -4.57. The summed E-state index contributed by atoms with van der Waals surface area (Å²) in [5, 5.41) is 12.0. The van der Waals surface area contributed by atoms with Crippen LogP contribution in [0.3, 0.4) is 0 Å². The number of hydrogen-bond donors (Lipinski definition) is 1. The number of aliphatic hydroxyl groups excluding tert-OH is 1. The molecule has 3 atom stereocenters. The first-order chi connectivity index (χ1) is 20.7. The van der Waals surface area contributed by atoms with Crippen molar-refractivity contribution in [3.8, 4) is 23.0 Å². The summed E-state index contributed by atoms with van der Waals surface area (Å²) in [6.45, 7) is 1.74. The van der Waals surface area contributed by atoms with Gasteiger partial charge in [0.25, 0.3) is 0 Å². The van der Waals surface area contributed by atoms with Gasteiger partial charge in [-0.2, -0.15) is 0 Å². The number of Topliss-reactive ketones (excluding diaryl/α,β-unsaturated/α-hetero) is 2. The highest BCUT2D eigenvalue weighted by Crippen LogP contribution is 2.56. The molecule has 3 aromatic rings. The number of fused-ring (bicyclic) bond motifs is 1. The molecule has 0 fully saturated rings. The lowest BCUT2D eigenvalue weighted by molar-refractivity contribution is -0.140. The fraction of sp³-hybridized carbons (Fsp3) is 0.312. The van der Waals surface area contributed by atoms with Crippen LogP contribution < -0.4 is 18.9 Å². The number of carbonyl (C=O) groups excluding carboxylic acids is 3. The SMILES string of the molecule is COC(=O)C[C@H](C1=C(O)[C@@]2(Oc3c(Cl)c(OC)cc(OC)c3C2=O)[C@H](C)CC1=O)c1ccccc1OCc1ccccn1. The van der Waals surface area contributed by atoms with Crippen LogP contribution in [0.25, 0.3) is 0 Å². The van der Waals surface area contributed by atoms with Crippen LogP contribution in [0.1, 0.15) is 47.3 Å². The predicted molar refractivity (Wildman–Crippen MR) is 155 cm³/mol. The van der Waals surface area contributed by atoms with Crippen molar-refractivity contribution in [2.45, 2.75) is 37.9 Å². The van der Waals surface area contributed by atoms with Gasteiger partial charge in [0, 0.05) is 41.7 Å². The quantitative estimate of drug-likeness (QED) is 0.315. The first kappa shape index (κ1) is 29.9. The Bertz CT molecular complexity index is 1620. The van der Waals surface area contributed by atoms with Crippen LogP contribution in [0.15, 0.2) is 66.1 Å². The largest absolute Gasteiger partial charge is 0.507 e. The normalized spacial score (nSPS) is 20.0. The van der Waals surface area contributed by atoms with E-state index in [4.69, 9.17) is 35.3 Å². The third kappa shape index (κ3) is 5.05. The van der Waals surface area contributed by atoms with Gasteiger partial charge in [0.2, 0.25) is 11.4 Å². The molecule has 1 aromatic heterocycles. The Labute approximate surface area is 253 Å². The zero-order valence-electron chi connectivity index (χ0n) is 24.0. The summed E-state index contributed by atoms with van der Waals surface area (Å²) >= 11 is 6.56. The maximum absolute atomic E-state index is 14.2. The Morgan fingerprint density at radius 1 is 1.09 bits per heavy atom.